The Kier molecular flexibility index (Phi) is 2.41. The van der Waals surface area contributed by atoms with Gasteiger partial charge >= 0.3 is 0 Å². The predicted molar refractivity (Wildman–Crippen MR) is 66.2 cm³/mol. The van der Waals surface area contributed by atoms with Gasteiger partial charge in [0.15, 0.2) is 0 Å². The van der Waals surface area contributed by atoms with E-state index < -0.39 is 0 Å². The lowest BCUT2D eigenvalue weighted by Gasteiger charge is -2.39. The monoisotopic (exact) mass is 202 g/mol. The van der Waals surface area contributed by atoms with E-state index in [2.05, 4.69) is 52.0 Å². The molecule has 0 aliphatic heterocycles. The zero-order valence-corrected chi connectivity index (χ0v) is 10.4. The van der Waals surface area contributed by atoms with Gasteiger partial charge in [-0.05, 0) is 36.2 Å². The summed E-state index contributed by atoms with van der Waals surface area (Å²) in [4.78, 5) is 0. The van der Waals surface area contributed by atoms with E-state index in [1.54, 1.807) is 0 Å². The Balaban J connectivity index is 2.41. The molecular formula is C15H22. The maximum atomic E-state index is 2.44. The Morgan fingerprint density at radius 3 is 2.00 bits per heavy atom. The lowest BCUT2D eigenvalue weighted by Crippen LogP contribution is -2.33. The third-order valence-corrected chi connectivity index (χ3v) is 4.66. The van der Waals surface area contributed by atoms with Gasteiger partial charge < -0.3 is 0 Å². The van der Waals surface area contributed by atoms with Gasteiger partial charge in [0, 0.05) is 0 Å². The summed E-state index contributed by atoms with van der Waals surface area (Å²) in [6.07, 6.45) is 4.07. The quantitative estimate of drug-likeness (QED) is 0.630. The highest BCUT2D eigenvalue weighted by Gasteiger charge is 2.45. The maximum Gasteiger partial charge on any atom is -0.00241 e. The van der Waals surface area contributed by atoms with E-state index in [0.717, 1.165) is 0 Å². The van der Waals surface area contributed by atoms with Crippen molar-refractivity contribution in [3.63, 3.8) is 0 Å². The first-order valence-electron chi connectivity index (χ1n) is 6.03. The van der Waals surface area contributed by atoms with Crippen LogP contribution in [-0.4, -0.2) is 0 Å². The minimum Gasteiger partial charge on any atom is -0.0591 e. The Bertz CT molecular complexity index is 345. The van der Waals surface area contributed by atoms with Crippen LogP contribution in [0.5, 0.6) is 0 Å². The van der Waals surface area contributed by atoms with E-state index >= 15 is 0 Å². The molecule has 1 aliphatic rings. The van der Waals surface area contributed by atoms with E-state index in [1.807, 2.05) is 0 Å². The topological polar surface area (TPSA) is 0 Å². The maximum absolute atomic E-state index is 2.44. The first-order valence-corrected chi connectivity index (χ1v) is 6.03. The molecule has 1 aromatic carbocycles. The molecule has 0 nitrogen and oxygen atoms in total. The molecule has 0 radical (unpaired) electrons. The summed E-state index contributed by atoms with van der Waals surface area (Å²) in [5.41, 5.74) is 3.71. The van der Waals surface area contributed by atoms with Gasteiger partial charge in [-0.3, -0.25) is 0 Å². The second-order valence-electron chi connectivity index (χ2n) is 5.94. The summed E-state index contributed by atoms with van der Waals surface area (Å²) < 4.78 is 0. The van der Waals surface area contributed by atoms with Crippen molar-refractivity contribution < 1.29 is 0 Å². The highest BCUT2D eigenvalue weighted by atomic mass is 14.5. The number of hydrogen-bond acceptors (Lipinski definition) is 0. The van der Waals surface area contributed by atoms with Crippen molar-refractivity contribution in [1.29, 1.82) is 0 Å². The molecule has 1 atom stereocenters. The zero-order valence-electron chi connectivity index (χ0n) is 10.4. The largest absolute Gasteiger partial charge is 0.0591 e. The molecule has 0 heterocycles. The molecule has 1 aliphatic carbocycles. The Morgan fingerprint density at radius 2 is 1.53 bits per heavy atom. The average Bonchev–Trinajstić information content (AvgIpc) is 2.43. The SMILES string of the molecule is Cc1ccc([C@@]2(C)CCCC2(C)C)cc1. The van der Waals surface area contributed by atoms with Crippen LogP contribution in [0, 0.1) is 12.3 Å². The molecule has 0 bridgehead atoms. The van der Waals surface area contributed by atoms with Gasteiger partial charge in [0.2, 0.25) is 0 Å². The molecule has 0 N–H and O–H groups in total. The second kappa shape index (κ2) is 3.37. The summed E-state index contributed by atoms with van der Waals surface area (Å²) in [7, 11) is 0. The standard InChI is InChI=1S/C15H22/c1-12-6-8-13(9-7-12)15(4)11-5-10-14(15,2)3/h6-9H,5,10-11H2,1-4H3/t15-/m1/s1. The van der Waals surface area contributed by atoms with Gasteiger partial charge in [-0.2, -0.15) is 0 Å². The van der Waals surface area contributed by atoms with E-state index in [-0.39, 0.29) is 0 Å². The molecule has 0 unspecified atom stereocenters. The van der Waals surface area contributed by atoms with Gasteiger partial charge in [-0.25, -0.2) is 0 Å². The average molecular weight is 202 g/mol. The van der Waals surface area contributed by atoms with Gasteiger partial charge in [-0.1, -0.05) is 57.0 Å². The Morgan fingerprint density at radius 1 is 0.933 bits per heavy atom. The molecule has 0 aromatic heterocycles. The van der Waals surface area contributed by atoms with Crippen molar-refractivity contribution in [3.8, 4) is 0 Å². The van der Waals surface area contributed by atoms with Crippen molar-refractivity contribution in [2.75, 3.05) is 0 Å². The molecule has 1 aromatic rings. The fourth-order valence-electron chi connectivity index (χ4n) is 2.95. The molecule has 82 valence electrons. The van der Waals surface area contributed by atoms with E-state index in [9.17, 15) is 0 Å². The smallest absolute Gasteiger partial charge is 0.00241 e. The number of benzene rings is 1. The summed E-state index contributed by atoms with van der Waals surface area (Å²) in [5, 5.41) is 0. The Labute approximate surface area is 93.7 Å². The normalized spacial score (nSPS) is 29.3. The molecule has 0 heteroatoms. The van der Waals surface area contributed by atoms with Crippen LogP contribution in [0.25, 0.3) is 0 Å². The van der Waals surface area contributed by atoms with Crippen LogP contribution < -0.4 is 0 Å². The van der Waals surface area contributed by atoms with Crippen molar-refractivity contribution >= 4 is 0 Å². The third kappa shape index (κ3) is 1.60. The fourth-order valence-corrected chi connectivity index (χ4v) is 2.95. The van der Waals surface area contributed by atoms with Crippen LogP contribution in [0.4, 0.5) is 0 Å². The lowest BCUT2D eigenvalue weighted by atomic mass is 9.65. The van der Waals surface area contributed by atoms with E-state index in [4.69, 9.17) is 0 Å². The van der Waals surface area contributed by atoms with Crippen molar-refractivity contribution in [1.82, 2.24) is 0 Å². The van der Waals surface area contributed by atoms with Gasteiger partial charge in [0.1, 0.15) is 0 Å². The predicted octanol–water partition coefficient (Wildman–Crippen LogP) is 4.46. The first-order chi connectivity index (χ1) is 6.96. The molecule has 15 heavy (non-hydrogen) atoms. The summed E-state index contributed by atoms with van der Waals surface area (Å²) >= 11 is 0. The van der Waals surface area contributed by atoms with E-state index in [1.165, 1.54) is 30.4 Å². The van der Waals surface area contributed by atoms with Crippen molar-refractivity contribution in [3.05, 3.63) is 35.4 Å². The minimum atomic E-state index is 0.376. The van der Waals surface area contributed by atoms with Crippen LogP contribution in [0.2, 0.25) is 0 Å². The number of hydrogen-bond donors (Lipinski definition) is 0. The van der Waals surface area contributed by atoms with E-state index in [0.29, 0.717) is 10.8 Å². The molecule has 0 spiro atoms. The molecule has 0 saturated heterocycles. The van der Waals surface area contributed by atoms with Crippen LogP contribution in [0.15, 0.2) is 24.3 Å². The minimum absolute atomic E-state index is 0.376. The van der Waals surface area contributed by atoms with Crippen molar-refractivity contribution in [2.24, 2.45) is 5.41 Å². The highest BCUT2D eigenvalue weighted by molar-refractivity contribution is 5.31. The van der Waals surface area contributed by atoms with Crippen LogP contribution in [0.3, 0.4) is 0 Å². The molecule has 1 saturated carbocycles. The first kappa shape index (κ1) is 10.7. The van der Waals surface area contributed by atoms with Crippen molar-refractivity contribution in [2.45, 2.75) is 52.4 Å². The van der Waals surface area contributed by atoms with Crippen LogP contribution >= 0.6 is 0 Å². The van der Waals surface area contributed by atoms with Gasteiger partial charge in [0.05, 0.1) is 0 Å². The number of aryl methyl sites for hydroxylation is 1. The third-order valence-electron chi connectivity index (χ3n) is 4.66. The summed E-state index contributed by atoms with van der Waals surface area (Å²) in [5.74, 6) is 0. The molecular weight excluding hydrogens is 180 g/mol. The zero-order chi connectivity index (χ0) is 11.1. The van der Waals surface area contributed by atoms with Crippen LogP contribution in [0.1, 0.15) is 51.2 Å². The van der Waals surface area contributed by atoms with Gasteiger partial charge in [0.25, 0.3) is 0 Å². The fraction of sp³-hybridized carbons (Fsp3) is 0.600. The lowest BCUT2D eigenvalue weighted by molar-refractivity contribution is 0.225. The second-order valence-corrected chi connectivity index (χ2v) is 5.94. The Hall–Kier alpha value is -0.780. The summed E-state index contributed by atoms with van der Waals surface area (Å²) in [6.45, 7) is 9.43. The summed E-state index contributed by atoms with van der Waals surface area (Å²) in [6, 6.07) is 9.13. The molecule has 2 rings (SSSR count). The molecule has 1 fully saturated rings. The van der Waals surface area contributed by atoms with Crippen LogP contribution in [-0.2, 0) is 5.41 Å². The number of rotatable bonds is 1. The molecule has 0 amide bonds. The van der Waals surface area contributed by atoms with Gasteiger partial charge in [-0.15, -0.1) is 0 Å². The highest BCUT2D eigenvalue weighted by Crippen LogP contribution is 2.53.